The fraction of sp³-hybridized carbons (Fsp3) is 0.667. The summed E-state index contributed by atoms with van der Waals surface area (Å²) in [5.74, 6) is 1.55. The Kier molecular flexibility index (Phi) is 5.46. The van der Waals surface area contributed by atoms with Gasteiger partial charge in [0.05, 0.1) is 11.6 Å². The molecule has 1 aromatic rings. The zero-order chi connectivity index (χ0) is 13.7. The van der Waals surface area contributed by atoms with E-state index in [0.717, 1.165) is 31.1 Å². The highest BCUT2D eigenvalue weighted by atomic mass is 35.5. The highest BCUT2D eigenvalue weighted by Crippen LogP contribution is 2.29. The molecule has 0 aromatic carbocycles. The molecule has 0 saturated heterocycles. The number of nitrogens with one attached hydrogen (secondary N) is 1. The van der Waals surface area contributed by atoms with Gasteiger partial charge in [0.15, 0.2) is 0 Å². The molecule has 1 N–H and O–H groups in total. The summed E-state index contributed by atoms with van der Waals surface area (Å²) in [6.07, 6.45) is 6.93. The van der Waals surface area contributed by atoms with Crippen molar-refractivity contribution in [3.8, 4) is 5.88 Å². The zero-order valence-electron chi connectivity index (χ0n) is 11.8. The van der Waals surface area contributed by atoms with Crippen LogP contribution in [0.3, 0.4) is 0 Å². The van der Waals surface area contributed by atoms with Gasteiger partial charge in [-0.3, -0.25) is 0 Å². The highest BCUT2D eigenvalue weighted by molar-refractivity contribution is 6.31. The van der Waals surface area contributed by atoms with Gasteiger partial charge in [0.25, 0.3) is 0 Å². The minimum atomic E-state index is 0.437. The van der Waals surface area contributed by atoms with Crippen molar-refractivity contribution in [3.63, 3.8) is 0 Å². The lowest BCUT2D eigenvalue weighted by Crippen LogP contribution is -2.22. The van der Waals surface area contributed by atoms with Crippen LogP contribution in [-0.2, 0) is 6.54 Å². The van der Waals surface area contributed by atoms with E-state index in [1.807, 2.05) is 6.07 Å². The van der Waals surface area contributed by atoms with Crippen LogP contribution >= 0.6 is 11.6 Å². The maximum atomic E-state index is 6.14. The zero-order valence-corrected chi connectivity index (χ0v) is 12.5. The maximum Gasteiger partial charge on any atom is 0.213 e. The van der Waals surface area contributed by atoms with Crippen molar-refractivity contribution in [2.24, 2.45) is 5.92 Å². The monoisotopic (exact) mass is 282 g/mol. The van der Waals surface area contributed by atoms with Crippen LogP contribution in [0.5, 0.6) is 5.88 Å². The van der Waals surface area contributed by atoms with Crippen LogP contribution in [0.2, 0.25) is 5.02 Å². The van der Waals surface area contributed by atoms with Crippen molar-refractivity contribution >= 4 is 11.6 Å². The second-order valence-electron chi connectivity index (χ2n) is 5.58. The normalized spacial score (nSPS) is 15.6. The number of pyridine rings is 1. The van der Waals surface area contributed by atoms with Crippen molar-refractivity contribution in [2.45, 2.75) is 52.1 Å². The molecule has 0 bridgehead atoms. The first kappa shape index (κ1) is 14.6. The second-order valence-corrected chi connectivity index (χ2v) is 5.99. The Bertz CT molecular complexity index is 405. The molecule has 106 valence electrons. The molecule has 0 unspecified atom stereocenters. The van der Waals surface area contributed by atoms with E-state index < -0.39 is 0 Å². The van der Waals surface area contributed by atoms with Crippen LogP contribution in [0.4, 0.5) is 0 Å². The molecule has 19 heavy (non-hydrogen) atoms. The van der Waals surface area contributed by atoms with Crippen molar-refractivity contribution in [3.05, 3.63) is 22.8 Å². The molecule has 2 rings (SSSR count). The Hall–Kier alpha value is -0.800. The third kappa shape index (κ3) is 4.66. The molecule has 4 heteroatoms. The summed E-state index contributed by atoms with van der Waals surface area (Å²) in [5.41, 5.74) is 1.05. The Labute approximate surface area is 120 Å². The summed E-state index contributed by atoms with van der Waals surface area (Å²) in [7, 11) is 0. The van der Waals surface area contributed by atoms with Gasteiger partial charge in [-0.1, -0.05) is 44.7 Å². The van der Waals surface area contributed by atoms with E-state index in [-0.39, 0.29) is 0 Å². The molecular weight excluding hydrogens is 260 g/mol. The molecular formula is C15H23ClN2O. The largest absolute Gasteiger partial charge is 0.478 e. The Balaban J connectivity index is 1.83. The van der Waals surface area contributed by atoms with Crippen LogP contribution in [0.15, 0.2) is 12.3 Å². The molecule has 0 atom stereocenters. The van der Waals surface area contributed by atoms with Crippen LogP contribution in [0.25, 0.3) is 0 Å². The van der Waals surface area contributed by atoms with Gasteiger partial charge in [-0.05, 0) is 17.9 Å². The van der Waals surface area contributed by atoms with E-state index in [9.17, 15) is 0 Å². The van der Waals surface area contributed by atoms with Gasteiger partial charge in [0, 0.05) is 24.8 Å². The topological polar surface area (TPSA) is 34.1 Å². The van der Waals surface area contributed by atoms with Gasteiger partial charge in [0.1, 0.15) is 0 Å². The first-order valence-corrected chi connectivity index (χ1v) is 7.53. The number of ether oxygens (including phenoxy) is 1. The van der Waals surface area contributed by atoms with E-state index in [0.29, 0.717) is 16.9 Å². The average molecular weight is 283 g/mol. The third-order valence-electron chi connectivity index (χ3n) is 3.61. The fourth-order valence-electron chi connectivity index (χ4n) is 2.10. The molecule has 1 aliphatic rings. The summed E-state index contributed by atoms with van der Waals surface area (Å²) < 4.78 is 5.72. The number of rotatable bonds is 7. The fourth-order valence-corrected chi connectivity index (χ4v) is 2.27. The van der Waals surface area contributed by atoms with Gasteiger partial charge >= 0.3 is 0 Å². The average Bonchev–Trinajstić information content (AvgIpc) is 2.32. The molecule has 1 fully saturated rings. The predicted molar refractivity (Wildman–Crippen MR) is 78.7 cm³/mol. The summed E-state index contributed by atoms with van der Waals surface area (Å²) in [6.45, 7) is 5.74. The maximum absolute atomic E-state index is 6.14. The Morgan fingerprint density at radius 3 is 2.89 bits per heavy atom. The van der Waals surface area contributed by atoms with Gasteiger partial charge in [-0.2, -0.15) is 0 Å². The number of hydrogen-bond acceptors (Lipinski definition) is 3. The lowest BCUT2D eigenvalue weighted by Gasteiger charge is -2.24. The van der Waals surface area contributed by atoms with Crippen molar-refractivity contribution in [1.29, 1.82) is 0 Å². The van der Waals surface area contributed by atoms with E-state index in [1.165, 1.54) is 19.3 Å². The highest BCUT2D eigenvalue weighted by Gasteiger charge is 2.17. The van der Waals surface area contributed by atoms with Gasteiger partial charge in [0.2, 0.25) is 5.88 Å². The van der Waals surface area contributed by atoms with E-state index in [1.54, 1.807) is 6.20 Å². The van der Waals surface area contributed by atoms with E-state index in [4.69, 9.17) is 16.3 Å². The standard InChI is InChI=1S/C15H23ClN2O/c1-11(2)17-9-13-8-15(18-10-14(13)16)19-7-6-12-4-3-5-12/h8,10-12,17H,3-7,9H2,1-2H3. The lowest BCUT2D eigenvalue weighted by molar-refractivity contribution is 0.217. The molecule has 0 spiro atoms. The first-order chi connectivity index (χ1) is 9.15. The summed E-state index contributed by atoms with van der Waals surface area (Å²) >= 11 is 6.14. The van der Waals surface area contributed by atoms with Crippen LogP contribution < -0.4 is 10.1 Å². The molecule has 3 nitrogen and oxygen atoms in total. The van der Waals surface area contributed by atoms with Crippen molar-refractivity contribution in [2.75, 3.05) is 6.61 Å². The molecule has 1 saturated carbocycles. The second kappa shape index (κ2) is 7.11. The molecule has 1 aliphatic carbocycles. The van der Waals surface area contributed by atoms with Crippen LogP contribution in [-0.4, -0.2) is 17.6 Å². The molecule has 1 aromatic heterocycles. The predicted octanol–water partition coefficient (Wildman–Crippen LogP) is 3.80. The smallest absolute Gasteiger partial charge is 0.213 e. The first-order valence-electron chi connectivity index (χ1n) is 7.15. The Morgan fingerprint density at radius 1 is 1.47 bits per heavy atom. The molecule has 1 heterocycles. The quantitative estimate of drug-likeness (QED) is 0.826. The number of hydrogen-bond donors (Lipinski definition) is 1. The van der Waals surface area contributed by atoms with E-state index >= 15 is 0 Å². The Morgan fingerprint density at radius 2 is 2.26 bits per heavy atom. The summed E-state index contributed by atoms with van der Waals surface area (Å²) in [6, 6.07) is 2.38. The van der Waals surface area contributed by atoms with Crippen molar-refractivity contribution < 1.29 is 4.74 Å². The number of halogens is 1. The molecule has 0 aliphatic heterocycles. The third-order valence-corrected chi connectivity index (χ3v) is 3.95. The van der Waals surface area contributed by atoms with Crippen LogP contribution in [0.1, 0.15) is 45.1 Å². The van der Waals surface area contributed by atoms with Crippen LogP contribution in [0, 0.1) is 5.92 Å². The van der Waals surface area contributed by atoms with Gasteiger partial charge < -0.3 is 10.1 Å². The summed E-state index contributed by atoms with van der Waals surface area (Å²) in [4.78, 5) is 4.22. The van der Waals surface area contributed by atoms with Gasteiger partial charge in [-0.15, -0.1) is 0 Å². The summed E-state index contributed by atoms with van der Waals surface area (Å²) in [5, 5.41) is 4.05. The number of aromatic nitrogens is 1. The van der Waals surface area contributed by atoms with Crippen molar-refractivity contribution in [1.82, 2.24) is 10.3 Å². The minimum Gasteiger partial charge on any atom is -0.478 e. The molecule has 0 radical (unpaired) electrons. The molecule has 0 amide bonds. The lowest BCUT2D eigenvalue weighted by atomic mass is 9.83. The van der Waals surface area contributed by atoms with Gasteiger partial charge in [-0.25, -0.2) is 4.98 Å². The number of nitrogens with zero attached hydrogens (tertiary/aromatic N) is 1. The van der Waals surface area contributed by atoms with E-state index in [2.05, 4.69) is 24.1 Å². The SMILES string of the molecule is CC(C)NCc1cc(OCCC2CCC2)ncc1Cl. The minimum absolute atomic E-state index is 0.437.